The van der Waals surface area contributed by atoms with Crippen molar-refractivity contribution in [2.75, 3.05) is 13.7 Å². The Kier molecular flexibility index (Phi) is 5.40. The van der Waals surface area contributed by atoms with Crippen molar-refractivity contribution in [3.8, 4) is 0 Å². The van der Waals surface area contributed by atoms with Gasteiger partial charge in [-0.3, -0.25) is 10.1 Å². The van der Waals surface area contributed by atoms with Gasteiger partial charge in [-0.1, -0.05) is 12.1 Å². The predicted octanol–water partition coefficient (Wildman–Crippen LogP) is 1.05. The number of nitrogens with one attached hydrogen (secondary N) is 1. The van der Waals surface area contributed by atoms with E-state index in [0.717, 1.165) is 0 Å². The van der Waals surface area contributed by atoms with E-state index >= 15 is 0 Å². The van der Waals surface area contributed by atoms with Crippen LogP contribution in [0.2, 0.25) is 0 Å². The number of non-ortho nitro benzene ring substituents is 1. The van der Waals surface area contributed by atoms with Gasteiger partial charge >= 0.3 is 0 Å². The summed E-state index contributed by atoms with van der Waals surface area (Å²) in [5, 5.41) is 10.5. The molecule has 0 heterocycles. The van der Waals surface area contributed by atoms with Gasteiger partial charge in [0.05, 0.1) is 17.3 Å². The standard InChI is InChI=1S/C11H16N2O5S/c1-9(7-18-2)12-19(16,17)8-10-3-5-11(6-4-10)13(14)15/h3-6,9,12H,7-8H2,1-2H3/t9-/m1/s1. The van der Waals surface area contributed by atoms with E-state index in [1.54, 1.807) is 6.92 Å². The summed E-state index contributed by atoms with van der Waals surface area (Å²) < 4.78 is 30.9. The zero-order valence-corrected chi connectivity index (χ0v) is 11.5. The molecular formula is C11H16N2O5S. The smallest absolute Gasteiger partial charge is 0.269 e. The highest BCUT2D eigenvalue weighted by molar-refractivity contribution is 7.88. The first kappa shape index (κ1) is 15.5. The topological polar surface area (TPSA) is 98.5 Å². The van der Waals surface area contributed by atoms with Crippen molar-refractivity contribution in [3.05, 3.63) is 39.9 Å². The lowest BCUT2D eigenvalue weighted by atomic mass is 10.2. The fraction of sp³-hybridized carbons (Fsp3) is 0.455. The molecule has 1 aromatic rings. The van der Waals surface area contributed by atoms with Crippen LogP contribution in [-0.2, 0) is 20.5 Å². The average molecular weight is 288 g/mol. The number of hydrogen-bond donors (Lipinski definition) is 1. The fourth-order valence-electron chi connectivity index (χ4n) is 1.57. The number of sulfonamides is 1. The number of ether oxygens (including phenoxy) is 1. The van der Waals surface area contributed by atoms with Crippen LogP contribution >= 0.6 is 0 Å². The molecule has 0 saturated carbocycles. The summed E-state index contributed by atoms with van der Waals surface area (Å²) in [6.45, 7) is 1.97. The van der Waals surface area contributed by atoms with Crippen molar-refractivity contribution < 1.29 is 18.1 Å². The van der Waals surface area contributed by atoms with Crippen LogP contribution in [0.15, 0.2) is 24.3 Å². The maximum absolute atomic E-state index is 11.8. The van der Waals surface area contributed by atoms with Crippen molar-refractivity contribution in [1.82, 2.24) is 4.72 Å². The number of nitro groups is 1. The highest BCUT2D eigenvalue weighted by atomic mass is 32.2. The summed E-state index contributed by atoms with van der Waals surface area (Å²) in [6.07, 6.45) is 0. The number of rotatable bonds is 7. The molecule has 8 heteroatoms. The number of nitro benzene ring substituents is 1. The average Bonchev–Trinajstić information content (AvgIpc) is 2.28. The Labute approximate surface area is 111 Å². The van der Waals surface area contributed by atoms with Crippen LogP contribution < -0.4 is 4.72 Å². The van der Waals surface area contributed by atoms with Crippen molar-refractivity contribution in [1.29, 1.82) is 0 Å². The number of methoxy groups -OCH3 is 1. The normalized spacial score (nSPS) is 13.2. The second-order valence-electron chi connectivity index (χ2n) is 4.16. The summed E-state index contributed by atoms with van der Waals surface area (Å²) in [6, 6.07) is 5.09. The first-order chi connectivity index (χ1) is 8.84. The van der Waals surface area contributed by atoms with Crippen LogP contribution in [0, 0.1) is 10.1 Å². The fourth-order valence-corrected chi connectivity index (χ4v) is 2.96. The summed E-state index contributed by atoms with van der Waals surface area (Å²) in [5.74, 6) is -0.223. The Morgan fingerprint density at radius 2 is 1.95 bits per heavy atom. The summed E-state index contributed by atoms with van der Waals surface area (Å²) >= 11 is 0. The van der Waals surface area contributed by atoms with E-state index in [1.165, 1.54) is 31.4 Å². The van der Waals surface area contributed by atoms with Crippen molar-refractivity contribution in [3.63, 3.8) is 0 Å². The van der Waals surface area contributed by atoms with Crippen LogP contribution in [0.1, 0.15) is 12.5 Å². The summed E-state index contributed by atoms with van der Waals surface area (Å²) in [4.78, 5) is 9.95. The zero-order valence-electron chi connectivity index (χ0n) is 10.7. The van der Waals surface area contributed by atoms with Crippen molar-refractivity contribution >= 4 is 15.7 Å². The molecule has 0 aliphatic carbocycles. The largest absolute Gasteiger partial charge is 0.383 e. The number of hydrogen-bond acceptors (Lipinski definition) is 5. The van der Waals surface area contributed by atoms with E-state index in [2.05, 4.69) is 4.72 Å². The van der Waals surface area contributed by atoms with Gasteiger partial charge in [-0.2, -0.15) is 0 Å². The lowest BCUT2D eigenvalue weighted by Crippen LogP contribution is -2.36. The van der Waals surface area contributed by atoms with Gasteiger partial charge in [0.2, 0.25) is 10.0 Å². The Morgan fingerprint density at radius 1 is 1.37 bits per heavy atom. The molecule has 1 aromatic carbocycles. The van der Waals surface area contributed by atoms with E-state index in [9.17, 15) is 18.5 Å². The monoisotopic (exact) mass is 288 g/mol. The molecule has 106 valence electrons. The van der Waals surface area contributed by atoms with Crippen LogP contribution in [0.4, 0.5) is 5.69 Å². The quantitative estimate of drug-likeness (QED) is 0.597. The molecule has 0 bridgehead atoms. The van der Waals surface area contributed by atoms with Crippen LogP contribution in [0.25, 0.3) is 0 Å². The third-order valence-electron chi connectivity index (χ3n) is 2.30. The van der Waals surface area contributed by atoms with Gasteiger partial charge in [0.1, 0.15) is 0 Å². The highest BCUT2D eigenvalue weighted by Crippen LogP contribution is 2.13. The van der Waals surface area contributed by atoms with Gasteiger partial charge in [0.25, 0.3) is 5.69 Å². The predicted molar refractivity (Wildman–Crippen MR) is 70.2 cm³/mol. The first-order valence-corrected chi connectivity index (χ1v) is 7.21. The maximum atomic E-state index is 11.8. The van der Waals surface area contributed by atoms with Crippen LogP contribution in [-0.4, -0.2) is 33.1 Å². The molecule has 0 unspecified atom stereocenters. The molecule has 1 N–H and O–H groups in total. The summed E-state index contributed by atoms with van der Waals surface area (Å²) in [7, 11) is -2.00. The number of benzene rings is 1. The Balaban J connectivity index is 2.70. The SMILES string of the molecule is COC[C@@H](C)NS(=O)(=O)Cc1ccc([N+](=O)[O-])cc1. The number of nitrogens with zero attached hydrogens (tertiary/aromatic N) is 1. The first-order valence-electron chi connectivity index (χ1n) is 5.56. The lowest BCUT2D eigenvalue weighted by molar-refractivity contribution is -0.384. The molecule has 1 atom stereocenters. The molecule has 0 aromatic heterocycles. The molecule has 0 radical (unpaired) electrons. The molecular weight excluding hydrogens is 272 g/mol. The van der Waals surface area contributed by atoms with Gasteiger partial charge in [-0.15, -0.1) is 0 Å². The van der Waals surface area contributed by atoms with Gasteiger partial charge in [-0.05, 0) is 12.5 Å². The third-order valence-corrected chi connectivity index (χ3v) is 3.78. The Morgan fingerprint density at radius 3 is 2.42 bits per heavy atom. The van der Waals surface area contributed by atoms with E-state index in [4.69, 9.17) is 4.74 Å². The minimum Gasteiger partial charge on any atom is -0.383 e. The molecule has 0 aliphatic heterocycles. The second kappa shape index (κ2) is 6.60. The van der Waals surface area contributed by atoms with E-state index in [-0.39, 0.29) is 24.1 Å². The third kappa shape index (κ3) is 5.33. The Bertz CT molecular complexity index is 527. The zero-order chi connectivity index (χ0) is 14.5. The minimum absolute atomic E-state index is 0.0677. The van der Waals surface area contributed by atoms with Crippen LogP contribution in [0.3, 0.4) is 0 Å². The minimum atomic E-state index is -3.49. The molecule has 1 rings (SSSR count). The molecule has 0 spiro atoms. The van der Waals surface area contributed by atoms with Gasteiger partial charge in [0.15, 0.2) is 0 Å². The molecule has 0 fully saturated rings. The van der Waals surface area contributed by atoms with Crippen LogP contribution in [0.5, 0.6) is 0 Å². The molecule has 0 saturated heterocycles. The van der Waals surface area contributed by atoms with E-state index in [1.807, 2.05) is 0 Å². The Hall–Kier alpha value is -1.51. The molecule has 19 heavy (non-hydrogen) atoms. The van der Waals surface area contributed by atoms with E-state index in [0.29, 0.717) is 5.56 Å². The molecule has 0 amide bonds. The second-order valence-corrected chi connectivity index (χ2v) is 5.91. The van der Waals surface area contributed by atoms with Crippen molar-refractivity contribution in [2.24, 2.45) is 0 Å². The van der Waals surface area contributed by atoms with Gasteiger partial charge in [-0.25, -0.2) is 13.1 Å². The van der Waals surface area contributed by atoms with Gasteiger partial charge in [0, 0.05) is 25.3 Å². The molecule has 7 nitrogen and oxygen atoms in total. The lowest BCUT2D eigenvalue weighted by Gasteiger charge is -2.13. The maximum Gasteiger partial charge on any atom is 0.269 e. The molecule has 0 aliphatic rings. The van der Waals surface area contributed by atoms with E-state index < -0.39 is 14.9 Å². The van der Waals surface area contributed by atoms with Gasteiger partial charge < -0.3 is 4.74 Å². The summed E-state index contributed by atoms with van der Waals surface area (Å²) in [5.41, 5.74) is 0.421. The highest BCUT2D eigenvalue weighted by Gasteiger charge is 2.15. The van der Waals surface area contributed by atoms with Crippen molar-refractivity contribution in [2.45, 2.75) is 18.7 Å².